The predicted octanol–water partition coefficient (Wildman–Crippen LogP) is 2.93. The van der Waals surface area contributed by atoms with E-state index >= 15 is 0 Å². The van der Waals surface area contributed by atoms with Crippen LogP contribution in [-0.2, 0) is 0 Å². The van der Waals surface area contributed by atoms with E-state index in [1.807, 2.05) is 26.2 Å². The van der Waals surface area contributed by atoms with Crippen LogP contribution in [0, 0.1) is 10.1 Å². The summed E-state index contributed by atoms with van der Waals surface area (Å²) in [7, 11) is 4.07. The molecular formula is C14H19ClN4O2. The topological polar surface area (TPSA) is 71.3 Å². The first-order valence-corrected chi connectivity index (χ1v) is 6.50. The van der Waals surface area contributed by atoms with Crippen molar-refractivity contribution in [3.05, 3.63) is 40.6 Å². The molecule has 0 spiro atoms. The molecule has 0 saturated carbocycles. The minimum absolute atomic E-state index is 0. The Morgan fingerprint density at radius 2 is 2.10 bits per heavy atom. The number of fused-ring (bicyclic) bond motifs is 1. The molecule has 0 atom stereocenters. The summed E-state index contributed by atoms with van der Waals surface area (Å²) in [5.74, 6) is 0. The number of anilines is 1. The van der Waals surface area contributed by atoms with E-state index < -0.39 is 4.92 Å². The lowest BCUT2D eigenvalue weighted by atomic mass is 10.1. The minimum atomic E-state index is -0.398. The third-order valence-electron chi connectivity index (χ3n) is 3.04. The number of nitro benzene ring substituents is 1. The van der Waals surface area contributed by atoms with Gasteiger partial charge < -0.3 is 10.2 Å². The number of aromatic nitrogens is 1. The molecule has 114 valence electrons. The summed E-state index contributed by atoms with van der Waals surface area (Å²) in [6, 6.07) is 6.86. The zero-order valence-electron chi connectivity index (χ0n) is 12.1. The molecule has 0 fully saturated rings. The van der Waals surface area contributed by atoms with Gasteiger partial charge in [0.15, 0.2) is 0 Å². The highest BCUT2D eigenvalue weighted by Crippen LogP contribution is 2.28. The molecule has 2 aromatic rings. The van der Waals surface area contributed by atoms with Crippen molar-refractivity contribution in [2.75, 3.05) is 32.5 Å². The standard InChI is InChI=1S/C14H18N4O2.ClH/c1-17(2)10-4-8-15-12-7-9-16-14-11(12)5-3-6-13(14)18(19)20;/h3,5-7,9H,4,8,10H2,1-2H3,(H,15,16);1H. The zero-order valence-corrected chi connectivity index (χ0v) is 12.9. The number of benzene rings is 1. The van der Waals surface area contributed by atoms with Crippen molar-refractivity contribution < 1.29 is 4.92 Å². The molecule has 0 aliphatic rings. The molecule has 21 heavy (non-hydrogen) atoms. The molecule has 1 aromatic carbocycles. The predicted molar refractivity (Wildman–Crippen MR) is 87.3 cm³/mol. The van der Waals surface area contributed by atoms with Crippen molar-refractivity contribution in [3.63, 3.8) is 0 Å². The van der Waals surface area contributed by atoms with E-state index in [2.05, 4.69) is 15.2 Å². The number of nitro groups is 1. The molecule has 1 aromatic heterocycles. The second-order valence-corrected chi connectivity index (χ2v) is 4.87. The highest BCUT2D eigenvalue weighted by atomic mass is 35.5. The Kier molecular flexibility index (Phi) is 6.33. The van der Waals surface area contributed by atoms with E-state index in [1.165, 1.54) is 6.07 Å². The molecule has 1 N–H and O–H groups in total. The third-order valence-corrected chi connectivity index (χ3v) is 3.04. The average molecular weight is 311 g/mol. The van der Waals surface area contributed by atoms with Gasteiger partial charge in [0.25, 0.3) is 5.69 Å². The van der Waals surface area contributed by atoms with E-state index in [9.17, 15) is 10.1 Å². The normalized spacial score (nSPS) is 10.4. The van der Waals surface area contributed by atoms with E-state index in [0.29, 0.717) is 5.52 Å². The Bertz CT molecular complexity index is 619. The fraction of sp³-hybridized carbons (Fsp3) is 0.357. The van der Waals surface area contributed by atoms with Crippen molar-refractivity contribution in [3.8, 4) is 0 Å². The Labute approximate surface area is 129 Å². The molecule has 7 heteroatoms. The third kappa shape index (κ3) is 4.27. The number of pyridine rings is 1. The fourth-order valence-electron chi connectivity index (χ4n) is 2.08. The molecule has 0 unspecified atom stereocenters. The largest absolute Gasteiger partial charge is 0.384 e. The lowest BCUT2D eigenvalue weighted by Crippen LogP contribution is -2.16. The molecule has 0 saturated heterocycles. The van der Waals surface area contributed by atoms with Crippen molar-refractivity contribution in [1.82, 2.24) is 9.88 Å². The molecule has 0 bridgehead atoms. The molecule has 0 aliphatic heterocycles. The van der Waals surface area contributed by atoms with Crippen LogP contribution in [0.5, 0.6) is 0 Å². The van der Waals surface area contributed by atoms with E-state index in [4.69, 9.17) is 0 Å². The van der Waals surface area contributed by atoms with Crippen LogP contribution in [0.4, 0.5) is 11.4 Å². The first-order valence-electron chi connectivity index (χ1n) is 6.50. The van der Waals surface area contributed by atoms with Crippen molar-refractivity contribution in [2.45, 2.75) is 6.42 Å². The zero-order chi connectivity index (χ0) is 14.5. The van der Waals surface area contributed by atoms with Gasteiger partial charge in [-0.2, -0.15) is 0 Å². The summed E-state index contributed by atoms with van der Waals surface area (Å²) >= 11 is 0. The van der Waals surface area contributed by atoms with Crippen LogP contribution in [0.1, 0.15) is 6.42 Å². The number of nitrogens with zero attached hydrogens (tertiary/aromatic N) is 3. The van der Waals surface area contributed by atoms with Gasteiger partial charge in [-0.1, -0.05) is 12.1 Å². The van der Waals surface area contributed by atoms with Crippen LogP contribution in [0.15, 0.2) is 30.5 Å². The van der Waals surface area contributed by atoms with Crippen LogP contribution in [0.3, 0.4) is 0 Å². The van der Waals surface area contributed by atoms with Gasteiger partial charge in [-0.05, 0) is 33.1 Å². The lowest BCUT2D eigenvalue weighted by molar-refractivity contribution is -0.383. The Morgan fingerprint density at radius 3 is 2.76 bits per heavy atom. The number of rotatable bonds is 6. The number of non-ortho nitro benzene ring substituents is 1. The van der Waals surface area contributed by atoms with Crippen LogP contribution in [-0.4, -0.2) is 42.0 Å². The molecule has 1 heterocycles. The summed E-state index contributed by atoms with van der Waals surface area (Å²) < 4.78 is 0. The number of halogens is 1. The number of para-hydroxylation sites is 1. The summed E-state index contributed by atoms with van der Waals surface area (Å²) in [6.45, 7) is 1.82. The van der Waals surface area contributed by atoms with Crippen LogP contribution in [0.25, 0.3) is 10.9 Å². The molecule has 2 rings (SSSR count). The van der Waals surface area contributed by atoms with E-state index in [1.54, 1.807) is 12.3 Å². The van der Waals surface area contributed by atoms with Gasteiger partial charge in [-0.3, -0.25) is 10.1 Å². The van der Waals surface area contributed by atoms with Gasteiger partial charge >= 0.3 is 0 Å². The van der Waals surface area contributed by atoms with Crippen LogP contribution >= 0.6 is 12.4 Å². The number of hydrogen-bond acceptors (Lipinski definition) is 5. The summed E-state index contributed by atoms with van der Waals surface area (Å²) in [5.41, 5.74) is 1.35. The van der Waals surface area contributed by atoms with Gasteiger partial charge in [0.1, 0.15) is 5.52 Å². The average Bonchev–Trinajstić information content (AvgIpc) is 2.42. The summed E-state index contributed by atoms with van der Waals surface area (Å²) in [4.78, 5) is 16.9. The highest BCUT2D eigenvalue weighted by Gasteiger charge is 2.13. The first-order chi connectivity index (χ1) is 9.59. The first kappa shape index (κ1) is 17.1. The SMILES string of the molecule is CN(C)CCCNc1ccnc2c([N+](=O)[O-])cccc12.Cl. The van der Waals surface area contributed by atoms with Gasteiger partial charge in [-0.15, -0.1) is 12.4 Å². The van der Waals surface area contributed by atoms with Crippen molar-refractivity contribution in [2.24, 2.45) is 0 Å². The monoisotopic (exact) mass is 310 g/mol. The number of nitrogens with one attached hydrogen (secondary N) is 1. The van der Waals surface area contributed by atoms with Crippen molar-refractivity contribution in [1.29, 1.82) is 0 Å². The maximum atomic E-state index is 11.0. The smallest absolute Gasteiger partial charge is 0.295 e. The minimum Gasteiger partial charge on any atom is -0.384 e. The summed E-state index contributed by atoms with van der Waals surface area (Å²) in [5, 5.41) is 15.1. The Balaban J connectivity index is 0.00000220. The van der Waals surface area contributed by atoms with Crippen LogP contribution in [0.2, 0.25) is 0 Å². The maximum absolute atomic E-state index is 11.0. The molecule has 0 amide bonds. The van der Waals surface area contributed by atoms with E-state index in [-0.39, 0.29) is 18.1 Å². The molecule has 6 nitrogen and oxygen atoms in total. The van der Waals surface area contributed by atoms with Gasteiger partial charge in [0, 0.05) is 29.9 Å². The Hall–Kier alpha value is -1.92. The quantitative estimate of drug-likeness (QED) is 0.504. The van der Waals surface area contributed by atoms with Crippen LogP contribution < -0.4 is 5.32 Å². The van der Waals surface area contributed by atoms with Gasteiger partial charge in [0.05, 0.1) is 4.92 Å². The molecule has 0 radical (unpaired) electrons. The van der Waals surface area contributed by atoms with Gasteiger partial charge in [-0.25, -0.2) is 4.98 Å². The molecular weight excluding hydrogens is 292 g/mol. The summed E-state index contributed by atoms with van der Waals surface area (Å²) in [6.07, 6.45) is 2.61. The second kappa shape index (κ2) is 7.75. The van der Waals surface area contributed by atoms with Crippen molar-refractivity contribution >= 4 is 34.7 Å². The molecule has 0 aliphatic carbocycles. The number of hydrogen-bond donors (Lipinski definition) is 1. The highest BCUT2D eigenvalue weighted by molar-refractivity contribution is 5.96. The van der Waals surface area contributed by atoms with Gasteiger partial charge in [0.2, 0.25) is 0 Å². The van der Waals surface area contributed by atoms with E-state index in [0.717, 1.165) is 30.6 Å². The lowest BCUT2D eigenvalue weighted by Gasteiger charge is -2.12. The fourth-order valence-corrected chi connectivity index (χ4v) is 2.08. The second-order valence-electron chi connectivity index (χ2n) is 4.87. The maximum Gasteiger partial charge on any atom is 0.295 e. The Morgan fingerprint density at radius 1 is 1.33 bits per heavy atom.